The van der Waals surface area contributed by atoms with Gasteiger partial charge >= 0.3 is 17.9 Å². The zero-order valence-electron chi connectivity index (χ0n) is 19.7. The average molecular weight is 472 g/mol. The van der Waals surface area contributed by atoms with E-state index in [4.69, 9.17) is 37.9 Å². The number of carbonyl (C=O) groups is 3. The molecule has 6 atom stereocenters. The van der Waals surface area contributed by atoms with Crippen LogP contribution < -0.4 is 0 Å². The SMILES string of the molecule is C=C(C)C(=O)OC[C@]12O[C@@H]3COC(C)(CC(=O)OCC)O[C@H]3[C@@H]1OC(C)(CC(=O)OCC)O2. The number of fused-ring (bicyclic) bond motifs is 3. The summed E-state index contributed by atoms with van der Waals surface area (Å²) in [6.45, 7) is 11.9. The van der Waals surface area contributed by atoms with Crippen LogP contribution in [0.5, 0.6) is 0 Å². The Bertz CT molecular complexity index is 797. The fourth-order valence-electron chi connectivity index (χ4n) is 4.13. The first-order valence-corrected chi connectivity index (χ1v) is 11.0. The van der Waals surface area contributed by atoms with Crippen LogP contribution in [0, 0.1) is 0 Å². The largest absolute Gasteiger partial charge is 0.466 e. The maximum absolute atomic E-state index is 12.1. The van der Waals surface area contributed by atoms with Gasteiger partial charge in [-0.05, 0) is 34.6 Å². The van der Waals surface area contributed by atoms with Crippen LogP contribution in [0.15, 0.2) is 12.2 Å². The second-order valence-electron chi connectivity index (χ2n) is 8.59. The Labute approximate surface area is 192 Å². The number of esters is 3. The van der Waals surface area contributed by atoms with Gasteiger partial charge in [0.05, 0.1) is 32.7 Å². The van der Waals surface area contributed by atoms with Gasteiger partial charge in [0, 0.05) is 5.57 Å². The van der Waals surface area contributed by atoms with Gasteiger partial charge in [0.2, 0.25) is 5.79 Å². The summed E-state index contributed by atoms with van der Waals surface area (Å²) in [5.74, 6) is -5.89. The second-order valence-corrected chi connectivity index (χ2v) is 8.59. The Kier molecular flexibility index (Phi) is 7.49. The first-order valence-electron chi connectivity index (χ1n) is 11.0. The lowest BCUT2D eigenvalue weighted by atomic mass is 10.0. The van der Waals surface area contributed by atoms with Crippen LogP contribution in [0.3, 0.4) is 0 Å². The maximum atomic E-state index is 12.1. The molecule has 0 amide bonds. The van der Waals surface area contributed by atoms with Crippen LogP contribution in [-0.2, 0) is 52.3 Å². The Morgan fingerprint density at radius 2 is 1.55 bits per heavy atom. The molecule has 3 rings (SSSR count). The van der Waals surface area contributed by atoms with Crippen molar-refractivity contribution in [3.05, 3.63) is 12.2 Å². The Balaban J connectivity index is 1.82. The van der Waals surface area contributed by atoms with Gasteiger partial charge in [-0.25, -0.2) is 4.79 Å². The molecule has 0 saturated carbocycles. The number of hydrogen-bond acceptors (Lipinski definition) is 11. The summed E-state index contributed by atoms with van der Waals surface area (Å²) in [5.41, 5.74) is 0.202. The van der Waals surface area contributed by atoms with Crippen molar-refractivity contribution in [2.45, 2.75) is 83.1 Å². The van der Waals surface area contributed by atoms with E-state index in [1.807, 2.05) is 0 Å². The summed E-state index contributed by atoms with van der Waals surface area (Å²) in [6.07, 6.45) is -2.60. The van der Waals surface area contributed by atoms with Crippen molar-refractivity contribution < 1.29 is 52.3 Å². The topological polar surface area (TPSA) is 125 Å². The molecule has 2 unspecified atom stereocenters. The van der Waals surface area contributed by atoms with Crippen LogP contribution in [0.25, 0.3) is 0 Å². The van der Waals surface area contributed by atoms with Gasteiger partial charge in [0.1, 0.15) is 24.9 Å². The molecule has 11 heteroatoms. The van der Waals surface area contributed by atoms with Crippen LogP contribution in [-0.4, -0.2) is 80.0 Å². The molecule has 0 aromatic rings. The van der Waals surface area contributed by atoms with E-state index in [0.29, 0.717) is 0 Å². The molecule has 0 bridgehead atoms. The van der Waals surface area contributed by atoms with E-state index in [1.54, 1.807) is 27.7 Å². The summed E-state index contributed by atoms with van der Waals surface area (Å²) in [6, 6.07) is 0. The lowest BCUT2D eigenvalue weighted by Gasteiger charge is -2.40. The first-order chi connectivity index (χ1) is 15.4. The van der Waals surface area contributed by atoms with Gasteiger partial charge in [-0.2, -0.15) is 0 Å². The summed E-state index contributed by atoms with van der Waals surface area (Å²) in [4.78, 5) is 36.2. The molecule has 0 spiro atoms. The summed E-state index contributed by atoms with van der Waals surface area (Å²) < 4.78 is 45.6. The van der Waals surface area contributed by atoms with Gasteiger partial charge in [0.15, 0.2) is 11.6 Å². The third-order valence-electron chi connectivity index (χ3n) is 5.45. The lowest BCUT2D eigenvalue weighted by molar-refractivity contribution is -0.338. The minimum atomic E-state index is -1.56. The highest BCUT2D eigenvalue weighted by atomic mass is 16.9. The summed E-state index contributed by atoms with van der Waals surface area (Å²) >= 11 is 0. The third-order valence-corrected chi connectivity index (χ3v) is 5.45. The van der Waals surface area contributed by atoms with Crippen molar-refractivity contribution in [3.63, 3.8) is 0 Å². The van der Waals surface area contributed by atoms with E-state index in [1.165, 1.54) is 6.92 Å². The monoisotopic (exact) mass is 472 g/mol. The highest BCUT2D eigenvalue weighted by molar-refractivity contribution is 5.86. The number of hydrogen-bond donors (Lipinski definition) is 0. The van der Waals surface area contributed by atoms with Gasteiger partial charge in [-0.15, -0.1) is 0 Å². The predicted octanol–water partition coefficient (Wildman–Crippen LogP) is 1.37. The van der Waals surface area contributed by atoms with Crippen molar-refractivity contribution in [1.82, 2.24) is 0 Å². The standard InChI is InChI=1S/C22H32O11/c1-7-26-15(23)9-20(5)29-11-14-17(31-20)18-22(30-14,12-28-19(25)13(3)4)33-21(6,32-18)10-16(24)27-8-2/h14,17-18H,3,7-12H2,1-2,4-6H3/t14-,17-,18+,20?,21?,22-/m1/s1. The van der Waals surface area contributed by atoms with Crippen LogP contribution >= 0.6 is 0 Å². The van der Waals surface area contributed by atoms with E-state index >= 15 is 0 Å². The quantitative estimate of drug-likeness (QED) is 0.274. The molecule has 3 fully saturated rings. The lowest BCUT2D eigenvalue weighted by Crippen LogP contribution is -2.53. The van der Waals surface area contributed by atoms with Crippen LogP contribution in [0.2, 0.25) is 0 Å². The van der Waals surface area contributed by atoms with E-state index in [-0.39, 0.29) is 44.8 Å². The van der Waals surface area contributed by atoms with E-state index in [9.17, 15) is 14.4 Å². The normalized spacial score (nSPS) is 37.1. The summed E-state index contributed by atoms with van der Waals surface area (Å²) in [5, 5.41) is 0. The minimum Gasteiger partial charge on any atom is -0.466 e. The zero-order chi connectivity index (χ0) is 24.4. The molecule has 3 aliphatic rings. The minimum absolute atomic E-state index is 0.0779. The second kappa shape index (κ2) is 9.67. The molecule has 186 valence electrons. The van der Waals surface area contributed by atoms with Crippen LogP contribution in [0.4, 0.5) is 0 Å². The fraction of sp³-hybridized carbons (Fsp3) is 0.773. The number of rotatable bonds is 9. The smallest absolute Gasteiger partial charge is 0.333 e. The van der Waals surface area contributed by atoms with Gasteiger partial charge < -0.3 is 37.9 Å². The molecule has 11 nitrogen and oxygen atoms in total. The molecule has 0 aliphatic carbocycles. The molecule has 3 saturated heterocycles. The molecule has 0 aromatic carbocycles. The van der Waals surface area contributed by atoms with Crippen molar-refractivity contribution in [2.75, 3.05) is 26.4 Å². The highest BCUT2D eigenvalue weighted by Gasteiger charge is 2.69. The molecule has 3 aliphatic heterocycles. The Morgan fingerprint density at radius 3 is 2.12 bits per heavy atom. The van der Waals surface area contributed by atoms with E-state index < -0.39 is 53.6 Å². The van der Waals surface area contributed by atoms with Gasteiger partial charge in [0.25, 0.3) is 0 Å². The van der Waals surface area contributed by atoms with Gasteiger partial charge in [-0.3, -0.25) is 9.59 Å². The molecule has 0 radical (unpaired) electrons. The van der Waals surface area contributed by atoms with Crippen molar-refractivity contribution in [2.24, 2.45) is 0 Å². The molecule has 3 heterocycles. The molecular formula is C22H32O11. The van der Waals surface area contributed by atoms with E-state index in [0.717, 1.165) is 0 Å². The van der Waals surface area contributed by atoms with Crippen LogP contribution in [0.1, 0.15) is 47.5 Å². The molecule has 0 N–H and O–H groups in total. The van der Waals surface area contributed by atoms with Gasteiger partial charge in [-0.1, -0.05) is 6.58 Å². The first kappa shape index (κ1) is 25.6. The highest BCUT2D eigenvalue weighted by Crippen LogP contribution is 2.50. The number of ether oxygens (including phenoxy) is 8. The Hall–Kier alpha value is -2.05. The zero-order valence-corrected chi connectivity index (χ0v) is 19.7. The van der Waals surface area contributed by atoms with E-state index in [2.05, 4.69) is 6.58 Å². The fourth-order valence-corrected chi connectivity index (χ4v) is 4.13. The number of carbonyl (C=O) groups excluding carboxylic acids is 3. The van der Waals surface area contributed by atoms with Crippen molar-refractivity contribution in [1.29, 1.82) is 0 Å². The average Bonchev–Trinajstić information content (AvgIpc) is 3.14. The summed E-state index contributed by atoms with van der Waals surface area (Å²) in [7, 11) is 0. The molecule has 33 heavy (non-hydrogen) atoms. The maximum Gasteiger partial charge on any atom is 0.333 e. The Morgan fingerprint density at radius 1 is 0.939 bits per heavy atom. The van der Waals surface area contributed by atoms with Crippen molar-refractivity contribution >= 4 is 17.9 Å². The molecular weight excluding hydrogens is 440 g/mol. The third kappa shape index (κ3) is 5.55. The predicted molar refractivity (Wildman–Crippen MR) is 109 cm³/mol. The molecule has 0 aromatic heterocycles. The van der Waals surface area contributed by atoms with Crippen molar-refractivity contribution in [3.8, 4) is 0 Å².